The number of nitriles is 1. The normalized spacial score (nSPS) is 17.9. The van der Waals surface area contributed by atoms with Gasteiger partial charge in [0.25, 0.3) is 5.69 Å². The zero-order valence-corrected chi connectivity index (χ0v) is 9.05. The standard InChI is InChI=1S/C11H11N3O3/c12-6-8-1-2-11(14(15)16)10(5-8)13-7-9-3-4-17-9/h1-2,5,9,13H,3-4,7H2. The van der Waals surface area contributed by atoms with Crippen LogP contribution in [0.2, 0.25) is 0 Å². The van der Waals surface area contributed by atoms with Crippen molar-refractivity contribution in [2.75, 3.05) is 18.5 Å². The molecule has 0 aromatic heterocycles. The van der Waals surface area contributed by atoms with E-state index in [9.17, 15) is 10.1 Å². The van der Waals surface area contributed by atoms with Gasteiger partial charge in [0.05, 0.1) is 22.7 Å². The summed E-state index contributed by atoms with van der Waals surface area (Å²) in [4.78, 5) is 10.3. The molecule has 6 nitrogen and oxygen atoms in total. The lowest BCUT2D eigenvalue weighted by Gasteiger charge is -2.26. The van der Waals surface area contributed by atoms with Crippen molar-refractivity contribution in [1.29, 1.82) is 5.26 Å². The van der Waals surface area contributed by atoms with Crippen LogP contribution in [0.25, 0.3) is 0 Å². The third-order valence-electron chi connectivity index (χ3n) is 2.64. The average Bonchev–Trinajstić information content (AvgIpc) is 2.26. The Hall–Kier alpha value is -2.13. The van der Waals surface area contributed by atoms with Crippen LogP contribution in [-0.2, 0) is 4.74 Å². The largest absolute Gasteiger partial charge is 0.377 e. The topological polar surface area (TPSA) is 88.2 Å². The minimum atomic E-state index is -0.467. The first-order chi connectivity index (χ1) is 8.20. The highest BCUT2D eigenvalue weighted by molar-refractivity contribution is 5.64. The van der Waals surface area contributed by atoms with Crippen molar-refractivity contribution in [1.82, 2.24) is 0 Å². The number of ether oxygens (including phenoxy) is 1. The summed E-state index contributed by atoms with van der Waals surface area (Å²) in [5, 5.41) is 22.5. The summed E-state index contributed by atoms with van der Waals surface area (Å²) in [5.74, 6) is 0. The average molecular weight is 233 g/mol. The molecule has 0 spiro atoms. The van der Waals surface area contributed by atoms with Gasteiger partial charge in [0.15, 0.2) is 0 Å². The Morgan fingerprint density at radius 3 is 2.94 bits per heavy atom. The first-order valence-corrected chi connectivity index (χ1v) is 5.24. The highest BCUT2D eigenvalue weighted by Gasteiger charge is 2.20. The van der Waals surface area contributed by atoms with Gasteiger partial charge in [-0.05, 0) is 18.6 Å². The molecule has 1 N–H and O–H groups in total. The zero-order chi connectivity index (χ0) is 12.3. The Bertz CT molecular complexity index is 477. The Labute approximate surface area is 98.0 Å². The molecule has 1 aromatic rings. The number of hydrogen-bond acceptors (Lipinski definition) is 5. The zero-order valence-electron chi connectivity index (χ0n) is 9.05. The second-order valence-corrected chi connectivity index (χ2v) is 3.76. The van der Waals surface area contributed by atoms with E-state index in [1.165, 1.54) is 18.2 Å². The molecule has 1 unspecified atom stereocenters. The number of benzene rings is 1. The van der Waals surface area contributed by atoms with Gasteiger partial charge in [0.1, 0.15) is 5.69 Å². The number of nitrogens with zero attached hydrogens (tertiary/aromatic N) is 2. The van der Waals surface area contributed by atoms with Gasteiger partial charge in [-0.15, -0.1) is 0 Å². The fourth-order valence-electron chi connectivity index (χ4n) is 1.58. The van der Waals surface area contributed by atoms with Gasteiger partial charge < -0.3 is 10.1 Å². The van der Waals surface area contributed by atoms with Gasteiger partial charge >= 0.3 is 0 Å². The number of nitro groups is 1. The van der Waals surface area contributed by atoms with E-state index in [0.717, 1.165) is 13.0 Å². The van der Waals surface area contributed by atoms with Crippen molar-refractivity contribution in [3.63, 3.8) is 0 Å². The van der Waals surface area contributed by atoms with Gasteiger partial charge in [-0.2, -0.15) is 5.26 Å². The van der Waals surface area contributed by atoms with E-state index in [-0.39, 0.29) is 11.8 Å². The quantitative estimate of drug-likeness (QED) is 0.631. The summed E-state index contributed by atoms with van der Waals surface area (Å²) in [6.45, 7) is 1.27. The van der Waals surface area contributed by atoms with Crippen molar-refractivity contribution in [3.05, 3.63) is 33.9 Å². The van der Waals surface area contributed by atoms with Crippen LogP contribution in [0, 0.1) is 21.4 Å². The SMILES string of the molecule is N#Cc1ccc([N+](=O)[O-])c(NCC2CCO2)c1. The summed E-state index contributed by atoms with van der Waals surface area (Å²) in [7, 11) is 0. The van der Waals surface area contributed by atoms with E-state index in [2.05, 4.69) is 5.32 Å². The summed E-state index contributed by atoms with van der Waals surface area (Å²) in [6, 6.07) is 6.21. The van der Waals surface area contributed by atoms with E-state index in [1.54, 1.807) is 0 Å². The van der Waals surface area contributed by atoms with Crippen LogP contribution >= 0.6 is 0 Å². The molecule has 0 radical (unpaired) electrons. The fraction of sp³-hybridized carbons (Fsp3) is 0.364. The van der Waals surface area contributed by atoms with E-state index in [0.29, 0.717) is 17.8 Å². The van der Waals surface area contributed by atoms with E-state index in [1.807, 2.05) is 6.07 Å². The lowest BCUT2D eigenvalue weighted by Crippen LogP contribution is -2.33. The predicted molar refractivity (Wildman–Crippen MR) is 60.7 cm³/mol. The second kappa shape index (κ2) is 4.80. The molecule has 0 amide bonds. The van der Waals surface area contributed by atoms with E-state index >= 15 is 0 Å². The Balaban J connectivity index is 2.15. The molecule has 1 aromatic carbocycles. The number of anilines is 1. The van der Waals surface area contributed by atoms with Gasteiger partial charge in [-0.3, -0.25) is 10.1 Å². The summed E-state index contributed by atoms with van der Waals surface area (Å²) >= 11 is 0. The number of rotatable bonds is 4. The smallest absolute Gasteiger partial charge is 0.292 e. The maximum atomic E-state index is 10.8. The minimum absolute atomic E-state index is 0.0247. The maximum Gasteiger partial charge on any atom is 0.292 e. The van der Waals surface area contributed by atoms with Gasteiger partial charge in [0, 0.05) is 19.2 Å². The first kappa shape index (κ1) is 11.4. The molecule has 1 aliphatic rings. The van der Waals surface area contributed by atoms with Crippen LogP contribution in [0.15, 0.2) is 18.2 Å². The van der Waals surface area contributed by atoms with E-state index in [4.69, 9.17) is 10.00 Å². The second-order valence-electron chi connectivity index (χ2n) is 3.76. The van der Waals surface area contributed by atoms with Crippen molar-refractivity contribution >= 4 is 11.4 Å². The highest BCUT2D eigenvalue weighted by atomic mass is 16.6. The lowest BCUT2D eigenvalue weighted by atomic mass is 10.1. The molecule has 6 heteroatoms. The highest BCUT2D eigenvalue weighted by Crippen LogP contribution is 2.25. The van der Waals surface area contributed by atoms with Crippen LogP contribution < -0.4 is 5.32 Å². The molecular formula is C11H11N3O3. The molecule has 1 heterocycles. The van der Waals surface area contributed by atoms with Crippen LogP contribution in [-0.4, -0.2) is 24.2 Å². The van der Waals surface area contributed by atoms with Crippen molar-refractivity contribution in [2.24, 2.45) is 0 Å². The Morgan fingerprint density at radius 2 is 2.41 bits per heavy atom. The monoisotopic (exact) mass is 233 g/mol. The van der Waals surface area contributed by atoms with Crippen LogP contribution in [0.1, 0.15) is 12.0 Å². The van der Waals surface area contributed by atoms with Gasteiger partial charge in [-0.1, -0.05) is 0 Å². The third-order valence-corrected chi connectivity index (χ3v) is 2.64. The maximum absolute atomic E-state index is 10.8. The molecule has 1 saturated heterocycles. The van der Waals surface area contributed by atoms with Crippen LogP contribution in [0.5, 0.6) is 0 Å². The predicted octanol–water partition coefficient (Wildman–Crippen LogP) is 1.67. The Morgan fingerprint density at radius 1 is 1.65 bits per heavy atom. The van der Waals surface area contributed by atoms with Gasteiger partial charge in [0.2, 0.25) is 0 Å². The number of nitro benzene ring substituents is 1. The molecule has 1 atom stereocenters. The molecule has 2 rings (SSSR count). The van der Waals surface area contributed by atoms with Crippen molar-refractivity contribution in [3.8, 4) is 6.07 Å². The van der Waals surface area contributed by atoms with Crippen LogP contribution in [0.4, 0.5) is 11.4 Å². The molecular weight excluding hydrogens is 222 g/mol. The fourth-order valence-corrected chi connectivity index (χ4v) is 1.58. The molecule has 17 heavy (non-hydrogen) atoms. The summed E-state index contributed by atoms with van der Waals surface area (Å²) in [6.07, 6.45) is 1.07. The van der Waals surface area contributed by atoms with Crippen molar-refractivity contribution in [2.45, 2.75) is 12.5 Å². The molecule has 0 aliphatic carbocycles. The molecule has 1 aliphatic heterocycles. The first-order valence-electron chi connectivity index (χ1n) is 5.24. The molecule has 88 valence electrons. The Kier molecular flexibility index (Phi) is 3.21. The summed E-state index contributed by atoms with van der Waals surface area (Å²) < 4.78 is 5.21. The lowest BCUT2D eigenvalue weighted by molar-refractivity contribution is -0.384. The third kappa shape index (κ3) is 2.52. The summed E-state index contributed by atoms with van der Waals surface area (Å²) in [5.41, 5.74) is 0.737. The van der Waals surface area contributed by atoms with Gasteiger partial charge in [-0.25, -0.2) is 0 Å². The van der Waals surface area contributed by atoms with Crippen LogP contribution in [0.3, 0.4) is 0 Å². The molecule has 0 saturated carbocycles. The number of nitrogens with one attached hydrogen (secondary N) is 1. The molecule has 0 bridgehead atoms. The minimum Gasteiger partial charge on any atom is -0.377 e. The number of hydrogen-bond donors (Lipinski definition) is 1. The van der Waals surface area contributed by atoms with E-state index < -0.39 is 4.92 Å². The molecule has 1 fully saturated rings. The van der Waals surface area contributed by atoms with Crippen molar-refractivity contribution < 1.29 is 9.66 Å².